The Bertz CT molecular complexity index is 1130. The van der Waals surface area contributed by atoms with Crippen molar-refractivity contribution in [3.05, 3.63) is 65.5 Å². The summed E-state index contributed by atoms with van der Waals surface area (Å²) in [6.07, 6.45) is -1.30. The molecule has 0 bridgehead atoms. The maximum Gasteiger partial charge on any atom is 0.418 e. The predicted octanol–water partition coefficient (Wildman–Crippen LogP) is 5.26. The van der Waals surface area contributed by atoms with Crippen LogP contribution >= 0.6 is 11.8 Å². The molecule has 2 heterocycles. The van der Waals surface area contributed by atoms with E-state index in [1.807, 2.05) is 0 Å². The van der Waals surface area contributed by atoms with E-state index in [1.54, 1.807) is 37.4 Å². The Balaban J connectivity index is 1.64. The second-order valence-electron chi connectivity index (χ2n) is 8.03. The summed E-state index contributed by atoms with van der Waals surface area (Å²) in [4.78, 5) is 14.9. The van der Waals surface area contributed by atoms with Crippen LogP contribution in [0.1, 0.15) is 41.0 Å². The number of likely N-dealkylation sites (tertiary alicyclic amines) is 1. The molecular weight excluding hydrogens is 465 g/mol. The number of piperidine rings is 1. The first-order valence-electron chi connectivity index (χ1n) is 11.0. The molecule has 1 aliphatic heterocycles. The Kier molecular flexibility index (Phi) is 7.57. The van der Waals surface area contributed by atoms with Crippen LogP contribution in [0, 0.1) is 0 Å². The lowest BCUT2D eigenvalue weighted by molar-refractivity contribution is -0.137. The summed E-state index contributed by atoms with van der Waals surface area (Å²) in [5.74, 6) is 0.916. The lowest BCUT2D eigenvalue weighted by Crippen LogP contribution is -2.30. The molecule has 1 saturated heterocycles. The van der Waals surface area contributed by atoms with E-state index in [0.717, 1.165) is 50.2 Å². The Morgan fingerprint density at radius 2 is 1.74 bits per heavy atom. The number of halogens is 3. The van der Waals surface area contributed by atoms with Crippen LogP contribution in [-0.2, 0) is 12.7 Å². The SMILES string of the molecule is COc1ccc(C(=O)CSc2nnc(CN3CCCCC3)n2-c2ccccc2C(F)(F)F)cc1. The number of nitrogens with zero attached hydrogens (tertiary/aromatic N) is 4. The molecule has 0 saturated carbocycles. The molecule has 10 heteroatoms. The highest BCUT2D eigenvalue weighted by Gasteiger charge is 2.35. The molecule has 0 atom stereocenters. The Labute approximate surface area is 200 Å². The number of para-hydroxylation sites is 1. The second kappa shape index (κ2) is 10.6. The molecule has 0 aliphatic carbocycles. The molecule has 1 aromatic heterocycles. The maximum atomic E-state index is 13.8. The number of carbonyl (C=O) groups is 1. The lowest BCUT2D eigenvalue weighted by atomic mass is 10.1. The summed E-state index contributed by atoms with van der Waals surface area (Å²) in [5.41, 5.74) is -0.312. The van der Waals surface area contributed by atoms with Crippen molar-refractivity contribution in [1.82, 2.24) is 19.7 Å². The van der Waals surface area contributed by atoms with Crippen molar-refractivity contribution in [3.8, 4) is 11.4 Å². The van der Waals surface area contributed by atoms with E-state index in [4.69, 9.17) is 4.74 Å². The molecule has 0 N–H and O–H groups in total. The van der Waals surface area contributed by atoms with E-state index in [1.165, 1.54) is 16.7 Å². The summed E-state index contributed by atoms with van der Waals surface area (Å²) in [6, 6.07) is 12.1. The van der Waals surface area contributed by atoms with E-state index in [0.29, 0.717) is 23.7 Å². The molecule has 2 aromatic carbocycles. The van der Waals surface area contributed by atoms with Crippen LogP contribution in [0.5, 0.6) is 5.75 Å². The summed E-state index contributed by atoms with van der Waals surface area (Å²) >= 11 is 1.08. The average molecular weight is 491 g/mol. The van der Waals surface area contributed by atoms with Gasteiger partial charge in [0.25, 0.3) is 0 Å². The van der Waals surface area contributed by atoms with Crippen molar-refractivity contribution in [3.63, 3.8) is 0 Å². The fourth-order valence-corrected chi connectivity index (χ4v) is 4.81. The number of carbonyl (C=O) groups excluding carboxylic acids is 1. The number of rotatable bonds is 8. The monoisotopic (exact) mass is 490 g/mol. The third-order valence-electron chi connectivity index (χ3n) is 5.71. The fourth-order valence-electron chi connectivity index (χ4n) is 3.95. The molecule has 0 radical (unpaired) electrons. The third kappa shape index (κ3) is 5.61. The molecule has 0 spiro atoms. The second-order valence-corrected chi connectivity index (χ2v) is 8.97. The van der Waals surface area contributed by atoms with Crippen LogP contribution in [0.4, 0.5) is 13.2 Å². The van der Waals surface area contributed by atoms with Gasteiger partial charge in [-0.2, -0.15) is 13.2 Å². The highest BCUT2D eigenvalue weighted by atomic mass is 32.2. The minimum absolute atomic E-state index is 0.0162. The van der Waals surface area contributed by atoms with Crippen molar-refractivity contribution >= 4 is 17.5 Å². The van der Waals surface area contributed by atoms with Gasteiger partial charge in [0.05, 0.1) is 30.7 Å². The Morgan fingerprint density at radius 3 is 2.41 bits per heavy atom. The molecule has 1 fully saturated rings. The maximum absolute atomic E-state index is 13.8. The van der Waals surface area contributed by atoms with Crippen molar-refractivity contribution in [2.75, 3.05) is 26.0 Å². The van der Waals surface area contributed by atoms with Gasteiger partial charge < -0.3 is 4.74 Å². The normalized spacial score (nSPS) is 14.8. The van der Waals surface area contributed by atoms with Gasteiger partial charge in [-0.05, 0) is 62.3 Å². The van der Waals surface area contributed by atoms with Crippen molar-refractivity contribution in [1.29, 1.82) is 0 Å². The van der Waals surface area contributed by atoms with Gasteiger partial charge in [-0.3, -0.25) is 14.3 Å². The Morgan fingerprint density at radius 1 is 1.03 bits per heavy atom. The fraction of sp³-hybridized carbons (Fsp3) is 0.375. The van der Waals surface area contributed by atoms with Crippen LogP contribution in [0.2, 0.25) is 0 Å². The van der Waals surface area contributed by atoms with E-state index < -0.39 is 11.7 Å². The van der Waals surface area contributed by atoms with Crippen LogP contribution in [0.25, 0.3) is 5.69 Å². The minimum atomic E-state index is -4.54. The molecule has 34 heavy (non-hydrogen) atoms. The summed E-state index contributed by atoms with van der Waals surface area (Å²) in [5, 5.41) is 8.68. The van der Waals surface area contributed by atoms with Crippen molar-refractivity contribution in [2.24, 2.45) is 0 Å². The zero-order valence-electron chi connectivity index (χ0n) is 18.7. The molecule has 0 unspecified atom stereocenters. The highest BCUT2D eigenvalue weighted by Crippen LogP contribution is 2.36. The number of methoxy groups -OCH3 is 1. The first-order chi connectivity index (χ1) is 16.4. The zero-order chi connectivity index (χ0) is 24.1. The van der Waals surface area contributed by atoms with Crippen LogP contribution in [0.3, 0.4) is 0 Å². The van der Waals surface area contributed by atoms with E-state index in [9.17, 15) is 18.0 Å². The van der Waals surface area contributed by atoms with E-state index in [-0.39, 0.29) is 22.4 Å². The number of benzene rings is 2. The minimum Gasteiger partial charge on any atom is -0.497 e. The lowest BCUT2D eigenvalue weighted by Gasteiger charge is -2.26. The van der Waals surface area contributed by atoms with Gasteiger partial charge >= 0.3 is 6.18 Å². The topological polar surface area (TPSA) is 60.2 Å². The van der Waals surface area contributed by atoms with Crippen molar-refractivity contribution in [2.45, 2.75) is 37.1 Å². The quantitative estimate of drug-likeness (QED) is 0.317. The molecule has 180 valence electrons. The van der Waals surface area contributed by atoms with Gasteiger partial charge in [-0.1, -0.05) is 30.3 Å². The van der Waals surface area contributed by atoms with Gasteiger partial charge in [0.2, 0.25) is 0 Å². The molecule has 6 nitrogen and oxygen atoms in total. The van der Waals surface area contributed by atoms with Gasteiger partial charge in [0.1, 0.15) is 5.75 Å². The highest BCUT2D eigenvalue weighted by molar-refractivity contribution is 7.99. The Hall–Kier alpha value is -2.85. The summed E-state index contributed by atoms with van der Waals surface area (Å²) < 4.78 is 48.0. The molecule has 0 amide bonds. The number of ketones is 1. The molecular formula is C24H25F3N4O2S. The van der Waals surface area contributed by atoms with Crippen LogP contribution in [0.15, 0.2) is 53.7 Å². The van der Waals surface area contributed by atoms with Crippen LogP contribution < -0.4 is 4.74 Å². The van der Waals surface area contributed by atoms with Gasteiger partial charge in [0, 0.05) is 5.56 Å². The molecule has 4 rings (SSSR count). The average Bonchev–Trinajstić information content (AvgIpc) is 3.24. The van der Waals surface area contributed by atoms with E-state index >= 15 is 0 Å². The largest absolute Gasteiger partial charge is 0.497 e. The van der Waals surface area contributed by atoms with Crippen molar-refractivity contribution < 1.29 is 22.7 Å². The first kappa shape index (κ1) is 24.3. The van der Waals surface area contributed by atoms with Gasteiger partial charge in [-0.25, -0.2) is 0 Å². The third-order valence-corrected chi connectivity index (χ3v) is 6.64. The standard InChI is InChI=1S/C24H25F3N4O2S/c1-33-18-11-9-17(10-12-18)21(32)16-34-23-29-28-22(15-30-13-5-2-6-14-30)31(23)20-8-4-3-7-19(20)24(25,26)27/h3-4,7-12H,2,5-6,13-16H2,1H3. The molecule has 3 aromatic rings. The first-order valence-corrected chi connectivity index (χ1v) is 12.0. The predicted molar refractivity (Wildman–Crippen MR) is 124 cm³/mol. The smallest absolute Gasteiger partial charge is 0.418 e. The number of hydrogen-bond donors (Lipinski definition) is 0. The number of hydrogen-bond acceptors (Lipinski definition) is 6. The number of thioether (sulfide) groups is 1. The van der Waals surface area contributed by atoms with E-state index in [2.05, 4.69) is 15.1 Å². The van der Waals surface area contributed by atoms with Gasteiger partial charge in [0.15, 0.2) is 16.8 Å². The van der Waals surface area contributed by atoms with Crippen LogP contribution in [-0.4, -0.2) is 51.4 Å². The summed E-state index contributed by atoms with van der Waals surface area (Å²) in [6.45, 7) is 2.13. The zero-order valence-corrected chi connectivity index (χ0v) is 19.5. The van der Waals surface area contributed by atoms with Gasteiger partial charge in [-0.15, -0.1) is 10.2 Å². The number of Topliss-reactive ketones (excluding diaryl/α,β-unsaturated/α-hetero) is 1. The number of ether oxygens (including phenoxy) is 1. The number of aromatic nitrogens is 3. The summed E-state index contributed by atoms with van der Waals surface area (Å²) in [7, 11) is 1.54. The molecule has 1 aliphatic rings. The number of alkyl halides is 3.